The fourth-order valence-electron chi connectivity index (χ4n) is 3.69. The van der Waals surface area contributed by atoms with Gasteiger partial charge in [-0.15, -0.1) is 23.7 Å². The van der Waals surface area contributed by atoms with Crippen LogP contribution in [0.4, 0.5) is 11.4 Å². The van der Waals surface area contributed by atoms with Crippen molar-refractivity contribution in [2.24, 2.45) is 5.92 Å². The van der Waals surface area contributed by atoms with Gasteiger partial charge in [0.05, 0.1) is 5.69 Å². The van der Waals surface area contributed by atoms with E-state index in [2.05, 4.69) is 39.5 Å². The number of benzene rings is 1. The minimum Gasteiger partial charge on any atom is -0.340 e. The SMILES string of the molecule is Cl.Clc1ccc2c(N(CC3CCCCC3)c3ccncc3)csc2c1. The van der Waals surface area contributed by atoms with Crippen molar-refractivity contribution in [3.05, 3.63) is 53.1 Å². The minimum atomic E-state index is 0. The molecule has 0 radical (unpaired) electrons. The lowest BCUT2D eigenvalue weighted by Gasteiger charge is -2.31. The Balaban J connectivity index is 0.00000182. The van der Waals surface area contributed by atoms with Gasteiger partial charge in [0, 0.05) is 45.1 Å². The van der Waals surface area contributed by atoms with Gasteiger partial charge in [-0.05, 0) is 49.1 Å². The van der Waals surface area contributed by atoms with E-state index in [1.54, 1.807) is 11.3 Å². The predicted molar refractivity (Wildman–Crippen MR) is 112 cm³/mol. The number of fused-ring (bicyclic) bond motifs is 1. The molecule has 1 aliphatic carbocycles. The number of halogens is 2. The summed E-state index contributed by atoms with van der Waals surface area (Å²) in [5, 5.41) is 4.36. The van der Waals surface area contributed by atoms with Crippen molar-refractivity contribution < 1.29 is 0 Å². The monoisotopic (exact) mass is 392 g/mol. The van der Waals surface area contributed by atoms with Crippen molar-refractivity contribution in [2.75, 3.05) is 11.4 Å². The quantitative estimate of drug-likeness (QED) is 0.470. The number of rotatable bonds is 4. The van der Waals surface area contributed by atoms with Crippen molar-refractivity contribution in [3.8, 4) is 0 Å². The molecule has 0 unspecified atom stereocenters. The molecular weight excluding hydrogens is 371 g/mol. The van der Waals surface area contributed by atoms with Crippen molar-refractivity contribution in [2.45, 2.75) is 32.1 Å². The third kappa shape index (κ3) is 4.11. The highest BCUT2D eigenvalue weighted by molar-refractivity contribution is 7.17. The van der Waals surface area contributed by atoms with Crippen LogP contribution in [0.1, 0.15) is 32.1 Å². The molecule has 2 heterocycles. The molecule has 2 nitrogen and oxygen atoms in total. The minimum absolute atomic E-state index is 0. The summed E-state index contributed by atoms with van der Waals surface area (Å²) in [4.78, 5) is 6.66. The zero-order chi connectivity index (χ0) is 16.4. The van der Waals surface area contributed by atoms with Crippen molar-refractivity contribution in [1.29, 1.82) is 0 Å². The summed E-state index contributed by atoms with van der Waals surface area (Å²) in [5.41, 5.74) is 2.52. The molecule has 4 rings (SSSR count). The van der Waals surface area contributed by atoms with E-state index >= 15 is 0 Å². The van der Waals surface area contributed by atoms with E-state index in [1.165, 1.54) is 53.6 Å². The summed E-state index contributed by atoms with van der Waals surface area (Å²) in [6.07, 6.45) is 10.6. The maximum absolute atomic E-state index is 6.16. The van der Waals surface area contributed by atoms with Crippen LogP contribution in [-0.2, 0) is 0 Å². The summed E-state index contributed by atoms with van der Waals surface area (Å²) in [6, 6.07) is 10.4. The van der Waals surface area contributed by atoms with E-state index in [0.717, 1.165) is 17.5 Å². The molecule has 0 saturated heterocycles. The van der Waals surface area contributed by atoms with E-state index in [9.17, 15) is 0 Å². The zero-order valence-corrected chi connectivity index (χ0v) is 16.4. The second-order valence-electron chi connectivity index (χ2n) is 6.58. The van der Waals surface area contributed by atoms with Crippen molar-refractivity contribution >= 4 is 56.8 Å². The Kier molecular flexibility index (Phi) is 6.21. The summed E-state index contributed by atoms with van der Waals surface area (Å²) in [5.74, 6) is 0.772. The van der Waals surface area contributed by atoms with Gasteiger partial charge in [0.2, 0.25) is 0 Å². The second kappa shape index (κ2) is 8.39. The Hall–Kier alpha value is -1.29. The average Bonchev–Trinajstić information content (AvgIpc) is 3.04. The van der Waals surface area contributed by atoms with Gasteiger partial charge < -0.3 is 4.90 Å². The number of anilines is 2. The van der Waals surface area contributed by atoms with Crippen LogP contribution < -0.4 is 4.90 Å². The number of thiophene rings is 1. The molecule has 1 aromatic carbocycles. The first-order valence-electron chi connectivity index (χ1n) is 8.65. The number of aromatic nitrogens is 1. The molecule has 2 aromatic heterocycles. The Morgan fingerprint density at radius 2 is 1.84 bits per heavy atom. The summed E-state index contributed by atoms with van der Waals surface area (Å²) in [7, 11) is 0. The second-order valence-corrected chi connectivity index (χ2v) is 7.93. The van der Waals surface area contributed by atoms with E-state index < -0.39 is 0 Å². The van der Waals surface area contributed by atoms with Crippen LogP contribution in [0, 0.1) is 5.92 Å². The largest absolute Gasteiger partial charge is 0.340 e. The molecule has 5 heteroatoms. The Bertz CT molecular complexity index is 813. The smallest absolute Gasteiger partial charge is 0.0599 e. The average molecular weight is 393 g/mol. The van der Waals surface area contributed by atoms with Crippen LogP contribution in [0.15, 0.2) is 48.1 Å². The van der Waals surface area contributed by atoms with Crippen molar-refractivity contribution in [3.63, 3.8) is 0 Å². The van der Waals surface area contributed by atoms with Crippen LogP contribution in [0.25, 0.3) is 10.1 Å². The van der Waals surface area contributed by atoms with E-state index in [1.807, 2.05) is 18.5 Å². The standard InChI is InChI=1S/C20H21ClN2S.ClH/c21-16-6-7-18-19(14-24-20(18)12-16)23(17-8-10-22-11-9-17)13-15-4-2-1-3-5-15;/h6-12,14-15H,1-5,13H2;1H. The molecule has 0 spiro atoms. The maximum atomic E-state index is 6.16. The van der Waals surface area contributed by atoms with Crippen molar-refractivity contribution in [1.82, 2.24) is 4.98 Å². The molecule has 1 aliphatic rings. The van der Waals surface area contributed by atoms with Gasteiger partial charge in [-0.2, -0.15) is 0 Å². The molecule has 0 aliphatic heterocycles. The van der Waals surface area contributed by atoms with Gasteiger partial charge in [-0.25, -0.2) is 0 Å². The predicted octanol–water partition coefficient (Wildman–Crippen LogP) is 7.09. The molecule has 1 fully saturated rings. The molecule has 132 valence electrons. The molecule has 0 N–H and O–H groups in total. The molecular formula is C20H22Cl2N2S. The van der Waals surface area contributed by atoms with Gasteiger partial charge in [0.1, 0.15) is 0 Å². The molecule has 0 bridgehead atoms. The van der Waals surface area contributed by atoms with E-state index in [-0.39, 0.29) is 12.4 Å². The highest BCUT2D eigenvalue weighted by atomic mass is 35.5. The first kappa shape index (κ1) is 18.5. The Morgan fingerprint density at radius 1 is 1.08 bits per heavy atom. The van der Waals surface area contributed by atoms with E-state index in [0.29, 0.717) is 0 Å². The lowest BCUT2D eigenvalue weighted by molar-refractivity contribution is 0.365. The van der Waals surface area contributed by atoms with Gasteiger partial charge in [-0.1, -0.05) is 30.9 Å². The molecule has 0 atom stereocenters. The number of hydrogen-bond donors (Lipinski definition) is 0. The van der Waals surface area contributed by atoms with E-state index in [4.69, 9.17) is 11.6 Å². The summed E-state index contributed by atoms with van der Waals surface area (Å²) >= 11 is 7.94. The van der Waals surface area contributed by atoms with Gasteiger partial charge in [0.15, 0.2) is 0 Å². The Morgan fingerprint density at radius 3 is 2.60 bits per heavy atom. The van der Waals surface area contributed by atoms with Gasteiger partial charge in [-0.3, -0.25) is 4.98 Å². The fourth-order valence-corrected chi connectivity index (χ4v) is 4.92. The number of pyridine rings is 1. The summed E-state index contributed by atoms with van der Waals surface area (Å²) < 4.78 is 1.25. The van der Waals surface area contributed by atoms with Crippen LogP contribution in [0.2, 0.25) is 5.02 Å². The molecule has 3 aromatic rings. The number of hydrogen-bond acceptors (Lipinski definition) is 3. The summed E-state index contributed by atoms with van der Waals surface area (Å²) in [6.45, 7) is 1.08. The zero-order valence-electron chi connectivity index (χ0n) is 14.0. The van der Waals surface area contributed by atoms with Crippen LogP contribution in [-0.4, -0.2) is 11.5 Å². The topological polar surface area (TPSA) is 16.1 Å². The normalized spacial score (nSPS) is 15.1. The molecule has 1 saturated carbocycles. The first-order chi connectivity index (χ1) is 11.8. The molecule has 25 heavy (non-hydrogen) atoms. The third-order valence-corrected chi connectivity index (χ3v) is 6.12. The van der Waals surface area contributed by atoms with Gasteiger partial charge >= 0.3 is 0 Å². The first-order valence-corrected chi connectivity index (χ1v) is 9.91. The third-order valence-electron chi connectivity index (χ3n) is 4.95. The van der Waals surface area contributed by atoms with Crippen LogP contribution in [0.3, 0.4) is 0 Å². The lowest BCUT2D eigenvalue weighted by atomic mass is 9.88. The van der Waals surface area contributed by atoms with Crippen LogP contribution in [0.5, 0.6) is 0 Å². The fraction of sp³-hybridized carbons (Fsp3) is 0.350. The molecule has 0 amide bonds. The highest BCUT2D eigenvalue weighted by Crippen LogP contribution is 2.39. The van der Waals surface area contributed by atoms with Gasteiger partial charge in [0.25, 0.3) is 0 Å². The number of nitrogens with zero attached hydrogens (tertiary/aromatic N) is 2. The Labute approximate surface area is 164 Å². The van der Waals surface area contributed by atoms with Crippen LogP contribution >= 0.6 is 35.3 Å². The lowest BCUT2D eigenvalue weighted by Crippen LogP contribution is -2.26. The highest BCUT2D eigenvalue weighted by Gasteiger charge is 2.21. The maximum Gasteiger partial charge on any atom is 0.0599 e.